The van der Waals surface area contributed by atoms with Gasteiger partial charge >= 0.3 is 18.2 Å². The van der Waals surface area contributed by atoms with Gasteiger partial charge in [-0.25, -0.2) is 4.79 Å². The van der Waals surface area contributed by atoms with Crippen LogP contribution in [0.4, 0.5) is 18.0 Å². The van der Waals surface area contributed by atoms with Crippen LogP contribution in [0.25, 0.3) is 0 Å². The highest BCUT2D eigenvalue weighted by Gasteiger charge is 2.35. The minimum absolute atomic E-state index is 0.0187. The third kappa shape index (κ3) is 4.40. The van der Waals surface area contributed by atoms with E-state index in [9.17, 15) is 22.8 Å². The quantitative estimate of drug-likeness (QED) is 0.671. The fourth-order valence-corrected chi connectivity index (χ4v) is 1.87. The van der Waals surface area contributed by atoms with Crippen LogP contribution >= 0.6 is 0 Å². The smallest absolute Gasteiger partial charge is 0.401 e. The molecule has 0 aromatic heterocycles. The number of likely N-dealkylation sites (tertiary alicyclic amines) is 1. The van der Waals surface area contributed by atoms with Crippen molar-refractivity contribution in [2.75, 3.05) is 19.6 Å². The number of nitrogens with one attached hydrogen (secondary N) is 1. The topological polar surface area (TPSA) is 95.7 Å². The zero-order chi connectivity index (χ0) is 13.9. The molecule has 2 amide bonds. The Hall–Kier alpha value is -1.51. The van der Waals surface area contributed by atoms with Crippen molar-refractivity contribution in [2.45, 2.75) is 18.6 Å². The molecule has 0 radical (unpaired) electrons. The molecule has 0 saturated carbocycles. The van der Waals surface area contributed by atoms with Gasteiger partial charge in [0.25, 0.3) is 0 Å². The molecule has 0 aromatic carbocycles. The van der Waals surface area contributed by atoms with E-state index in [1.807, 2.05) is 0 Å². The van der Waals surface area contributed by atoms with Crippen molar-refractivity contribution in [3.8, 4) is 0 Å². The lowest BCUT2D eigenvalue weighted by Crippen LogP contribution is -2.55. The number of hydrogen-bond donors (Lipinski definition) is 3. The number of piperidine rings is 1. The Labute approximate surface area is 101 Å². The molecule has 2 atom stereocenters. The summed E-state index contributed by atoms with van der Waals surface area (Å²) < 4.78 is 36.1. The van der Waals surface area contributed by atoms with Crippen LogP contribution in [0, 0.1) is 5.92 Å². The number of hydrogen-bond acceptors (Lipinski definition) is 3. The largest absolute Gasteiger partial charge is 0.481 e. The number of urea groups is 1. The van der Waals surface area contributed by atoms with Gasteiger partial charge in [-0.05, 0) is 6.42 Å². The number of carboxylic acid groups (broad SMARTS) is 1. The minimum Gasteiger partial charge on any atom is -0.481 e. The second kappa shape index (κ2) is 5.42. The van der Waals surface area contributed by atoms with Crippen LogP contribution in [0.1, 0.15) is 6.42 Å². The second-order valence-corrected chi connectivity index (χ2v) is 4.21. The molecular weight excluding hydrogens is 255 g/mol. The van der Waals surface area contributed by atoms with Gasteiger partial charge in [0.1, 0.15) is 0 Å². The van der Waals surface area contributed by atoms with Gasteiger partial charge in [0.2, 0.25) is 0 Å². The molecule has 9 heteroatoms. The Kier molecular flexibility index (Phi) is 4.38. The number of nitrogens with zero attached hydrogens (tertiary/aromatic N) is 1. The van der Waals surface area contributed by atoms with Crippen molar-refractivity contribution in [1.82, 2.24) is 10.2 Å². The van der Waals surface area contributed by atoms with Gasteiger partial charge in [-0.15, -0.1) is 0 Å². The Morgan fingerprint density at radius 3 is 2.44 bits per heavy atom. The van der Waals surface area contributed by atoms with E-state index >= 15 is 0 Å². The average molecular weight is 269 g/mol. The zero-order valence-electron chi connectivity index (χ0n) is 9.41. The Morgan fingerprint density at radius 1 is 1.39 bits per heavy atom. The molecule has 1 rings (SSSR count). The second-order valence-electron chi connectivity index (χ2n) is 4.21. The number of amides is 2. The SMILES string of the molecule is NC(=O)N1CC(NCC(F)(F)F)CC(C(=O)O)C1. The molecule has 1 saturated heterocycles. The number of rotatable bonds is 3. The molecule has 104 valence electrons. The average Bonchev–Trinajstić information content (AvgIpc) is 2.25. The predicted molar refractivity (Wildman–Crippen MR) is 54.7 cm³/mol. The molecular formula is C9H14F3N3O3. The Balaban J connectivity index is 2.61. The highest BCUT2D eigenvalue weighted by Crippen LogP contribution is 2.19. The predicted octanol–water partition coefficient (Wildman–Crippen LogP) is -0.00790. The Bertz CT molecular complexity index is 313. The van der Waals surface area contributed by atoms with Crippen LogP contribution in [-0.4, -0.2) is 53.9 Å². The molecule has 0 aliphatic carbocycles. The van der Waals surface area contributed by atoms with Crippen LogP contribution < -0.4 is 11.1 Å². The van der Waals surface area contributed by atoms with E-state index in [0.717, 1.165) is 4.90 Å². The van der Waals surface area contributed by atoms with E-state index in [1.54, 1.807) is 0 Å². The molecule has 1 aliphatic rings. The summed E-state index contributed by atoms with van der Waals surface area (Å²) >= 11 is 0. The van der Waals surface area contributed by atoms with Crippen LogP contribution in [0.2, 0.25) is 0 Å². The van der Waals surface area contributed by atoms with Gasteiger partial charge in [0.05, 0.1) is 12.5 Å². The Morgan fingerprint density at radius 2 is 2.00 bits per heavy atom. The zero-order valence-corrected chi connectivity index (χ0v) is 9.41. The summed E-state index contributed by atoms with van der Waals surface area (Å²) in [5.74, 6) is -2.06. The van der Waals surface area contributed by atoms with Gasteiger partial charge in [-0.2, -0.15) is 13.2 Å². The van der Waals surface area contributed by atoms with E-state index in [4.69, 9.17) is 10.8 Å². The van der Waals surface area contributed by atoms with Crippen LogP contribution in [-0.2, 0) is 4.79 Å². The number of halogens is 3. The van der Waals surface area contributed by atoms with Gasteiger partial charge in [0, 0.05) is 19.1 Å². The third-order valence-corrected chi connectivity index (χ3v) is 2.70. The summed E-state index contributed by atoms with van der Waals surface area (Å²) in [6.45, 7) is -1.32. The molecule has 6 nitrogen and oxygen atoms in total. The number of alkyl halides is 3. The fraction of sp³-hybridized carbons (Fsp3) is 0.778. The first-order chi connectivity index (χ1) is 8.19. The van der Waals surface area contributed by atoms with Gasteiger partial charge in [0.15, 0.2) is 0 Å². The molecule has 1 heterocycles. The molecule has 1 aliphatic heterocycles. The highest BCUT2D eigenvalue weighted by atomic mass is 19.4. The molecule has 0 bridgehead atoms. The van der Waals surface area contributed by atoms with Crippen LogP contribution in [0.5, 0.6) is 0 Å². The summed E-state index contributed by atoms with van der Waals surface area (Å²) in [5, 5.41) is 11.0. The van der Waals surface area contributed by atoms with E-state index in [2.05, 4.69) is 5.32 Å². The summed E-state index contributed by atoms with van der Waals surface area (Å²) in [7, 11) is 0. The van der Waals surface area contributed by atoms with Crippen molar-refractivity contribution in [2.24, 2.45) is 11.7 Å². The highest BCUT2D eigenvalue weighted by molar-refractivity contribution is 5.75. The van der Waals surface area contributed by atoms with Crippen LogP contribution in [0.3, 0.4) is 0 Å². The first kappa shape index (κ1) is 14.6. The molecule has 0 aromatic rings. The lowest BCUT2D eigenvalue weighted by molar-refractivity contribution is -0.143. The molecule has 2 unspecified atom stereocenters. The first-order valence-corrected chi connectivity index (χ1v) is 5.26. The van der Waals surface area contributed by atoms with E-state index in [-0.39, 0.29) is 19.5 Å². The third-order valence-electron chi connectivity index (χ3n) is 2.70. The van der Waals surface area contributed by atoms with Crippen molar-refractivity contribution in [3.63, 3.8) is 0 Å². The number of carboxylic acids is 1. The maximum atomic E-state index is 12.0. The van der Waals surface area contributed by atoms with Gasteiger partial charge in [-0.1, -0.05) is 0 Å². The van der Waals surface area contributed by atoms with Gasteiger partial charge in [-0.3, -0.25) is 4.79 Å². The minimum atomic E-state index is -4.38. The fourth-order valence-electron chi connectivity index (χ4n) is 1.87. The lowest BCUT2D eigenvalue weighted by atomic mass is 9.94. The van der Waals surface area contributed by atoms with Gasteiger partial charge < -0.3 is 21.1 Å². The van der Waals surface area contributed by atoms with E-state index < -0.39 is 36.7 Å². The monoisotopic (exact) mass is 269 g/mol. The van der Waals surface area contributed by atoms with Crippen molar-refractivity contribution in [3.05, 3.63) is 0 Å². The number of carbonyl (C=O) groups excluding carboxylic acids is 1. The number of carbonyl (C=O) groups is 2. The number of aliphatic carboxylic acids is 1. The number of primary amides is 1. The summed E-state index contributed by atoms with van der Waals surface area (Å²) in [6, 6.07) is -1.56. The summed E-state index contributed by atoms with van der Waals surface area (Å²) in [6.07, 6.45) is -4.34. The normalized spacial score (nSPS) is 24.9. The summed E-state index contributed by atoms with van der Waals surface area (Å²) in [5.41, 5.74) is 5.02. The lowest BCUT2D eigenvalue weighted by Gasteiger charge is -2.35. The van der Waals surface area contributed by atoms with Crippen molar-refractivity contribution in [1.29, 1.82) is 0 Å². The van der Waals surface area contributed by atoms with E-state index in [0.29, 0.717) is 0 Å². The van der Waals surface area contributed by atoms with E-state index in [1.165, 1.54) is 0 Å². The van der Waals surface area contributed by atoms with Crippen LogP contribution in [0.15, 0.2) is 0 Å². The van der Waals surface area contributed by atoms with Crippen molar-refractivity contribution < 1.29 is 27.9 Å². The maximum Gasteiger partial charge on any atom is 0.401 e. The first-order valence-electron chi connectivity index (χ1n) is 5.26. The van der Waals surface area contributed by atoms with Crippen molar-refractivity contribution >= 4 is 12.0 Å². The summed E-state index contributed by atoms with van der Waals surface area (Å²) in [4.78, 5) is 22.9. The standard InChI is InChI=1S/C9H14F3N3O3/c10-9(11,12)4-14-6-1-5(7(16)17)2-15(3-6)8(13)18/h5-6,14H,1-4H2,(H2,13,18)(H,16,17). The molecule has 1 fully saturated rings. The number of nitrogens with two attached hydrogens (primary N) is 1. The maximum absolute atomic E-state index is 12.0. The molecule has 0 spiro atoms. The molecule has 18 heavy (non-hydrogen) atoms. The molecule has 4 N–H and O–H groups in total.